The Morgan fingerprint density at radius 1 is 1.27 bits per heavy atom. The summed E-state index contributed by atoms with van der Waals surface area (Å²) >= 11 is 0. The van der Waals surface area contributed by atoms with Gasteiger partial charge in [-0.2, -0.15) is 0 Å². The molecule has 0 aromatic carbocycles. The zero-order valence-electron chi connectivity index (χ0n) is 9.05. The van der Waals surface area contributed by atoms with Gasteiger partial charge in [0.1, 0.15) is 0 Å². The molecule has 0 amide bonds. The van der Waals surface area contributed by atoms with Crippen LogP contribution >= 0.6 is 0 Å². The van der Waals surface area contributed by atoms with Gasteiger partial charge in [-0.1, -0.05) is 13.8 Å². The Morgan fingerprint density at radius 2 is 1.80 bits per heavy atom. The smallest absolute Gasteiger partial charge is 0.225 e. The quantitative estimate of drug-likeness (QED) is 0.684. The van der Waals surface area contributed by atoms with Crippen LogP contribution in [0.4, 0.5) is 5.95 Å². The Hall–Kier alpha value is -1.45. The van der Waals surface area contributed by atoms with E-state index in [-0.39, 0.29) is 0 Å². The molecule has 2 heterocycles. The molecule has 0 radical (unpaired) electrons. The highest BCUT2D eigenvalue weighted by Crippen LogP contribution is 2.24. The van der Waals surface area contributed by atoms with Gasteiger partial charge in [0.2, 0.25) is 5.95 Å². The van der Waals surface area contributed by atoms with Gasteiger partial charge in [0.05, 0.1) is 5.56 Å². The van der Waals surface area contributed by atoms with Crippen LogP contribution in [0.3, 0.4) is 0 Å². The first-order valence-electron chi connectivity index (χ1n) is 5.23. The van der Waals surface area contributed by atoms with Crippen molar-refractivity contribution in [2.75, 3.05) is 18.0 Å². The first kappa shape index (κ1) is 10.1. The second-order valence-corrected chi connectivity index (χ2v) is 4.29. The maximum Gasteiger partial charge on any atom is 0.225 e. The zero-order chi connectivity index (χ0) is 10.8. The van der Waals surface area contributed by atoms with E-state index in [2.05, 4.69) is 28.7 Å². The first-order chi connectivity index (χ1) is 7.20. The van der Waals surface area contributed by atoms with E-state index in [4.69, 9.17) is 0 Å². The molecular weight excluding hydrogens is 190 g/mol. The SMILES string of the molecule is CC1CN(c2ncc(C=O)cn2)CC1C. The molecule has 0 N–H and O–H groups in total. The minimum atomic E-state index is 0.527. The summed E-state index contributed by atoms with van der Waals surface area (Å²) in [6.07, 6.45) is 3.91. The van der Waals surface area contributed by atoms with Crippen molar-refractivity contribution >= 4 is 12.2 Å². The van der Waals surface area contributed by atoms with Gasteiger partial charge in [-0.15, -0.1) is 0 Å². The summed E-state index contributed by atoms with van der Waals surface area (Å²) in [6.45, 7) is 6.48. The van der Waals surface area contributed by atoms with Crippen LogP contribution in [0.25, 0.3) is 0 Å². The number of hydrogen-bond donors (Lipinski definition) is 0. The lowest BCUT2D eigenvalue weighted by Crippen LogP contribution is -2.22. The van der Waals surface area contributed by atoms with Gasteiger partial charge in [0, 0.05) is 25.5 Å². The number of carbonyl (C=O) groups is 1. The minimum Gasteiger partial charge on any atom is -0.340 e. The van der Waals surface area contributed by atoms with E-state index in [9.17, 15) is 4.79 Å². The highest BCUT2D eigenvalue weighted by molar-refractivity contribution is 5.73. The largest absolute Gasteiger partial charge is 0.340 e. The van der Waals surface area contributed by atoms with Gasteiger partial charge < -0.3 is 4.90 Å². The average Bonchev–Trinajstić information content (AvgIpc) is 2.59. The van der Waals surface area contributed by atoms with E-state index >= 15 is 0 Å². The molecule has 0 aliphatic carbocycles. The van der Waals surface area contributed by atoms with E-state index in [0.717, 1.165) is 25.3 Å². The Kier molecular flexibility index (Phi) is 2.66. The zero-order valence-corrected chi connectivity index (χ0v) is 9.05. The maximum absolute atomic E-state index is 10.4. The third-order valence-corrected chi connectivity index (χ3v) is 3.07. The standard InChI is InChI=1S/C11H15N3O/c1-8-5-14(6-9(8)2)11-12-3-10(7-15)4-13-11/h3-4,7-9H,5-6H2,1-2H3. The Balaban J connectivity index is 2.13. The fourth-order valence-corrected chi connectivity index (χ4v) is 1.85. The molecule has 1 saturated heterocycles. The van der Waals surface area contributed by atoms with Crippen LogP contribution in [0.15, 0.2) is 12.4 Å². The van der Waals surface area contributed by atoms with Crippen LogP contribution in [-0.2, 0) is 0 Å². The molecule has 2 unspecified atom stereocenters. The number of anilines is 1. The molecular formula is C11H15N3O. The molecule has 1 fully saturated rings. The van der Waals surface area contributed by atoms with E-state index in [1.54, 1.807) is 12.4 Å². The summed E-state index contributed by atoms with van der Waals surface area (Å²) < 4.78 is 0. The van der Waals surface area contributed by atoms with Gasteiger partial charge in [-0.25, -0.2) is 9.97 Å². The predicted octanol–water partition coefficient (Wildman–Crippen LogP) is 1.38. The Morgan fingerprint density at radius 3 is 2.27 bits per heavy atom. The van der Waals surface area contributed by atoms with Gasteiger partial charge >= 0.3 is 0 Å². The van der Waals surface area contributed by atoms with Crippen molar-refractivity contribution in [2.24, 2.45) is 11.8 Å². The second kappa shape index (κ2) is 3.96. The Labute approximate surface area is 89.3 Å². The van der Waals surface area contributed by atoms with Crippen LogP contribution < -0.4 is 4.90 Å². The molecule has 0 saturated carbocycles. The molecule has 1 aromatic rings. The van der Waals surface area contributed by atoms with Crippen molar-refractivity contribution in [3.8, 4) is 0 Å². The summed E-state index contributed by atoms with van der Waals surface area (Å²) in [5, 5.41) is 0. The molecule has 15 heavy (non-hydrogen) atoms. The van der Waals surface area contributed by atoms with Gasteiger partial charge in [0.25, 0.3) is 0 Å². The van der Waals surface area contributed by atoms with Crippen LogP contribution in [0, 0.1) is 11.8 Å². The predicted molar refractivity (Wildman–Crippen MR) is 58.0 cm³/mol. The molecule has 0 spiro atoms. The topological polar surface area (TPSA) is 46.1 Å². The lowest BCUT2D eigenvalue weighted by molar-refractivity contribution is 0.112. The van der Waals surface area contributed by atoms with Crippen molar-refractivity contribution in [2.45, 2.75) is 13.8 Å². The summed E-state index contributed by atoms with van der Waals surface area (Å²) in [4.78, 5) is 21.0. The summed E-state index contributed by atoms with van der Waals surface area (Å²) in [5.41, 5.74) is 0.527. The molecule has 4 nitrogen and oxygen atoms in total. The fraction of sp³-hybridized carbons (Fsp3) is 0.545. The lowest BCUT2D eigenvalue weighted by atomic mass is 10.0. The van der Waals surface area contributed by atoms with Crippen LogP contribution in [0.2, 0.25) is 0 Å². The highest BCUT2D eigenvalue weighted by atomic mass is 16.1. The number of aldehydes is 1. The van der Waals surface area contributed by atoms with Gasteiger partial charge in [-0.05, 0) is 11.8 Å². The second-order valence-electron chi connectivity index (χ2n) is 4.29. The molecule has 80 valence electrons. The molecule has 0 bridgehead atoms. The first-order valence-corrected chi connectivity index (χ1v) is 5.23. The number of carbonyl (C=O) groups excluding carboxylic acids is 1. The van der Waals surface area contributed by atoms with Crippen molar-refractivity contribution in [1.82, 2.24) is 9.97 Å². The summed E-state index contributed by atoms with van der Waals surface area (Å²) in [6, 6.07) is 0. The third-order valence-electron chi connectivity index (χ3n) is 3.07. The number of hydrogen-bond acceptors (Lipinski definition) is 4. The minimum absolute atomic E-state index is 0.527. The van der Waals surface area contributed by atoms with E-state index in [1.807, 2.05) is 0 Å². The van der Waals surface area contributed by atoms with Crippen molar-refractivity contribution in [1.29, 1.82) is 0 Å². The molecule has 4 heteroatoms. The maximum atomic E-state index is 10.4. The molecule has 2 atom stereocenters. The van der Waals surface area contributed by atoms with Crippen LogP contribution in [0.1, 0.15) is 24.2 Å². The number of nitrogens with zero attached hydrogens (tertiary/aromatic N) is 3. The molecule has 2 rings (SSSR count). The van der Waals surface area contributed by atoms with Gasteiger partial charge in [0.15, 0.2) is 6.29 Å². The van der Waals surface area contributed by atoms with Crippen LogP contribution in [0.5, 0.6) is 0 Å². The number of aromatic nitrogens is 2. The molecule has 1 aliphatic heterocycles. The van der Waals surface area contributed by atoms with E-state index in [0.29, 0.717) is 17.4 Å². The summed E-state index contributed by atoms with van der Waals surface area (Å²) in [7, 11) is 0. The molecule has 1 aliphatic rings. The fourth-order valence-electron chi connectivity index (χ4n) is 1.85. The summed E-state index contributed by atoms with van der Waals surface area (Å²) in [5.74, 6) is 2.09. The third kappa shape index (κ3) is 1.98. The van der Waals surface area contributed by atoms with Crippen LogP contribution in [-0.4, -0.2) is 29.3 Å². The van der Waals surface area contributed by atoms with Crippen molar-refractivity contribution < 1.29 is 4.79 Å². The number of rotatable bonds is 2. The van der Waals surface area contributed by atoms with E-state index in [1.165, 1.54) is 0 Å². The van der Waals surface area contributed by atoms with Gasteiger partial charge in [-0.3, -0.25) is 4.79 Å². The van der Waals surface area contributed by atoms with Crippen molar-refractivity contribution in [3.05, 3.63) is 18.0 Å². The van der Waals surface area contributed by atoms with Crippen molar-refractivity contribution in [3.63, 3.8) is 0 Å². The normalized spacial score (nSPS) is 25.6. The molecule has 1 aromatic heterocycles. The van der Waals surface area contributed by atoms with E-state index < -0.39 is 0 Å². The average molecular weight is 205 g/mol. The highest BCUT2D eigenvalue weighted by Gasteiger charge is 2.27. The lowest BCUT2D eigenvalue weighted by Gasteiger charge is -2.14. The Bertz CT molecular complexity index is 339. The monoisotopic (exact) mass is 205 g/mol.